The van der Waals surface area contributed by atoms with Crippen molar-refractivity contribution in [1.82, 2.24) is 10.2 Å². The summed E-state index contributed by atoms with van der Waals surface area (Å²) in [6.45, 7) is 0.0256. The van der Waals surface area contributed by atoms with Crippen LogP contribution in [0.2, 0.25) is 0 Å². The number of nitrogens with one attached hydrogen (secondary N) is 1. The fourth-order valence-electron chi connectivity index (χ4n) is 1.26. The van der Waals surface area contributed by atoms with E-state index in [0.717, 1.165) is 0 Å². The maximum absolute atomic E-state index is 13.4. The van der Waals surface area contributed by atoms with Crippen molar-refractivity contribution in [3.8, 4) is 0 Å². The molecule has 0 fully saturated rings. The van der Waals surface area contributed by atoms with Gasteiger partial charge in [0.1, 0.15) is 5.82 Å². The van der Waals surface area contributed by atoms with E-state index in [1.807, 2.05) is 0 Å². The summed E-state index contributed by atoms with van der Waals surface area (Å²) in [4.78, 5) is 0. The quantitative estimate of drug-likeness (QED) is 0.843. The van der Waals surface area contributed by atoms with Crippen LogP contribution in [0, 0.1) is 5.82 Å². The molecule has 0 aliphatic heterocycles. The van der Waals surface area contributed by atoms with Crippen LogP contribution in [-0.2, 0) is 12.7 Å². The normalized spacial score (nSPS) is 11.6. The topological polar surface area (TPSA) is 37.8 Å². The molecule has 1 heterocycles. The monoisotopic (exact) mass is 355 g/mol. The molecule has 1 aromatic heterocycles. The smallest absolute Gasteiger partial charge is 0.356 e. The van der Waals surface area contributed by atoms with Crippen molar-refractivity contribution in [3.05, 3.63) is 39.1 Å². The van der Waals surface area contributed by atoms with E-state index in [1.54, 1.807) is 0 Å². The Kier molecular flexibility index (Phi) is 4.04. The van der Waals surface area contributed by atoms with E-state index in [4.69, 9.17) is 0 Å². The lowest BCUT2D eigenvalue weighted by molar-refractivity contribution is -0.138. The number of hydrogen-bond donors (Lipinski definition) is 1. The Bertz CT molecular complexity index is 584. The summed E-state index contributed by atoms with van der Waals surface area (Å²) in [6.07, 6.45) is -4.52. The van der Waals surface area contributed by atoms with Crippen LogP contribution in [-0.4, -0.2) is 10.2 Å². The van der Waals surface area contributed by atoms with Gasteiger partial charge in [0.15, 0.2) is 0 Å². The minimum atomic E-state index is -4.52. The van der Waals surface area contributed by atoms with Gasteiger partial charge in [0, 0.05) is 16.6 Å². The van der Waals surface area contributed by atoms with Crippen molar-refractivity contribution < 1.29 is 17.6 Å². The summed E-state index contributed by atoms with van der Waals surface area (Å²) >= 11 is 3.56. The van der Waals surface area contributed by atoms with Crippen LogP contribution >= 0.6 is 27.3 Å². The predicted octanol–water partition coefficient (Wildman–Crippen LogP) is 4.07. The van der Waals surface area contributed by atoms with Gasteiger partial charge in [0.05, 0.1) is 0 Å². The van der Waals surface area contributed by atoms with Crippen molar-refractivity contribution >= 4 is 32.4 Å². The van der Waals surface area contributed by atoms with Crippen LogP contribution in [0.15, 0.2) is 22.7 Å². The Balaban J connectivity index is 2.06. The number of nitrogens with zero attached hydrogens (tertiary/aromatic N) is 2. The highest BCUT2D eigenvalue weighted by molar-refractivity contribution is 9.10. The van der Waals surface area contributed by atoms with Gasteiger partial charge in [-0.1, -0.05) is 27.3 Å². The molecule has 0 unspecified atom stereocenters. The number of halogens is 5. The Labute approximate surface area is 117 Å². The Morgan fingerprint density at radius 2 is 2.00 bits per heavy atom. The molecule has 0 spiro atoms. The Morgan fingerprint density at radius 1 is 1.26 bits per heavy atom. The van der Waals surface area contributed by atoms with Gasteiger partial charge in [-0.05, 0) is 18.2 Å². The zero-order valence-electron chi connectivity index (χ0n) is 9.13. The molecule has 102 valence electrons. The molecule has 3 nitrogen and oxygen atoms in total. The van der Waals surface area contributed by atoms with Crippen molar-refractivity contribution in [3.63, 3.8) is 0 Å². The van der Waals surface area contributed by atoms with Crippen molar-refractivity contribution in [2.24, 2.45) is 0 Å². The molecule has 0 amide bonds. The van der Waals surface area contributed by atoms with E-state index >= 15 is 0 Å². The molecule has 1 N–H and O–H groups in total. The molecule has 0 bridgehead atoms. The molecule has 2 aromatic rings. The number of rotatable bonds is 3. The van der Waals surface area contributed by atoms with Crippen LogP contribution in [0.25, 0.3) is 0 Å². The first kappa shape index (κ1) is 14.2. The molecule has 19 heavy (non-hydrogen) atoms. The lowest BCUT2D eigenvalue weighted by Gasteiger charge is -2.04. The molecule has 0 aliphatic rings. The average molecular weight is 356 g/mol. The van der Waals surface area contributed by atoms with Gasteiger partial charge in [0.25, 0.3) is 0 Å². The van der Waals surface area contributed by atoms with Crippen LogP contribution in [0.1, 0.15) is 10.6 Å². The van der Waals surface area contributed by atoms with Gasteiger partial charge < -0.3 is 5.32 Å². The maximum atomic E-state index is 13.4. The first-order chi connectivity index (χ1) is 8.86. The van der Waals surface area contributed by atoms with E-state index in [1.165, 1.54) is 18.2 Å². The third-order valence-corrected chi connectivity index (χ3v) is 3.52. The summed E-state index contributed by atoms with van der Waals surface area (Å²) in [5, 5.41) is 7.93. The van der Waals surface area contributed by atoms with Crippen molar-refractivity contribution in [2.75, 3.05) is 5.32 Å². The van der Waals surface area contributed by atoms with E-state index in [9.17, 15) is 17.6 Å². The lowest BCUT2D eigenvalue weighted by Crippen LogP contribution is -2.03. The summed E-state index contributed by atoms with van der Waals surface area (Å²) < 4.78 is 51.0. The number of aromatic nitrogens is 2. The second-order valence-electron chi connectivity index (χ2n) is 3.50. The number of hydrogen-bond acceptors (Lipinski definition) is 4. The van der Waals surface area contributed by atoms with E-state index in [0.29, 0.717) is 21.4 Å². The molecule has 9 heteroatoms. The first-order valence-corrected chi connectivity index (χ1v) is 6.56. The summed E-state index contributed by atoms with van der Waals surface area (Å²) in [7, 11) is 0. The second-order valence-corrected chi connectivity index (χ2v) is 5.39. The average Bonchev–Trinajstić information content (AvgIpc) is 2.79. The first-order valence-electron chi connectivity index (χ1n) is 4.95. The fraction of sp³-hybridized carbons (Fsp3) is 0.200. The molecular weight excluding hydrogens is 350 g/mol. The van der Waals surface area contributed by atoms with Crippen LogP contribution in [0.4, 0.5) is 22.7 Å². The highest BCUT2D eigenvalue weighted by Gasteiger charge is 2.35. The minimum Gasteiger partial charge on any atom is -0.356 e. The van der Waals surface area contributed by atoms with E-state index in [-0.39, 0.29) is 11.7 Å². The molecule has 0 aliphatic carbocycles. The van der Waals surface area contributed by atoms with Gasteiger partial charge in [0.2, 0.25) is 10.1 Å². The standard InChI is InChI=1S/C10H6BrF4N3S/c11-6-1-2-7(12)5(3-6)4-16-9-18-17-8(19-9)10(13,14)15/h1-3H,4H2,(H,16,18). The van der Waals surface area contributed by atoms with Crippen molar-refractivity contribution in [2.45, 2.75) is 12.7 Å². The highest BCUT2D eigenvalue weighted by atomic mass is 79.9. The maximum Gasteiger partial charge on any atom is 0.445 e. The molecule has 0 saturated carbocycles. The number of benzene rings is 1. The summed E-state index contributed by atoms with van der Waals surface area (Å²) in [5.74, 6) is -0.448. The summed E-state index contributed by atoms with van der Waals surface area (Å²) in [6, 6.07) is 4.34. The largest absolute Gasteiger partial charge is 0.445 e. The second kappa shape index (κ2) is 5.41. The highest BCUT2D eigenvalue weighted by Crippen LogP contribution is 2.33. The zero-order valence-corrected chi connectivity index (χ0v) is 11.5. The Morgan fingerprint density at radius 3 is 2.63 bits per heavy atom. The van der Waals surface area contributed by atoms with Gasteiger partial charge in [-0.3, -0.25) is 0 Å². The SMILES string of the molecule is Fc1ccc(Br)cc1CNc1nnc(C(F)(F)F)s1. The molecule has 1 aromatic carbocycles. The van der Waals surface area contributed by atoms with Gasteiger partial charge in [-0.15, -0.1) is 10.2 Å². The Hall–Kier alpha value is -1.22. The van der Waals surface area contributed by atoms with E-state index in [2.05, 4.69) is 31.4 Å². The van der Waals surface area contributed by atoms with Gasteiger partial charge >= 0.3 is 6.18 Å². The molecular formula is C10H6BrF4N3S. The van der Waals surface area contributed by atoms with Gasteiger partial charge in [-0.2, -0.15) is 13.2 Å². The number of anilines is 1. The predicted molar refractivity (Wildman–Crippen MR) is 66.3 cm³/mol. The van der Waals surface area contributed by atoms with Crippen LogP contribution in [0.5, 0.6) is 0 Å². The molecule has 2 rings (SSSR count). The molecule has 0 atom stereocenters. The van der Waals surface area contributed by atoms with Gasteiger partial charge in [-0.25, -0.2) is 4.39 Å². The minimum absolute atomic E-state index is 0.00768. The third kappa shape index (κ3) is 3.63. The third-order valence-electron chi connectivity index (χ3n) is 2.11. The lowest BCUT2D eigenvalue weighted by atomic mass is 10.2. The van der Waals surface area contributed by atoms with Crippen LogP contribution in [0.3, 0.4) is 0 Å². The van der Waals surface area contributed by atoms with Crippen molar-refractivity contribution in [1.29, 1.82) is 0 Å². The fourth-order valence-corrected chi connectivity index (χ4v) is 2.27. The molecule has 0 saturated heterocycles. The zero-order chi connectivity index (χ0) is 14.0. The van der Waals surface area contributed by atoms with E-state index < -0.39 is 17.0 Å². The van der Waals surface area contributed by atoms with Crippen LogP contribution < -0.4 is 5.32 Å². The number of alkyl halides is 3. The summed E-state index contributed by atoms with van der Waals surface area (Å²) in [5.41, 5.74) is 0.318. The molecule has 0 radical (unpaired) electrons.